The highest BCUT2D eigenvalue weighted by Crippen LogP contribution is 1.93. The maximum atomic E-state index is 9.98. The number of aliphatic hydroxyl groups is 3. The number of carbonyl (C=O) groups is 3. The Morgan fingerprint density at radius 1 is 1.00 bits per heavy atom. The molecule has 6 N–H and O–H groups in total. The molecule has 0 unspecified atom stereocenters. The summed E-state index contributed by atoms with van der Waals surface area (Å²) in [6, 6.07) is 0. The first-order valence-corrected chi connectivity index (χ1v) is 6.69. The Hall–Kier alpha value is -2.69. The number of carboxylic acid groups (broad SMARTS) is 3. The average molecular weight is 366 g/mol. The maximum absolute atomic E-state index is 9.98. The molecule has 0 heterocycles. The fourth-order valence-electron chi connectivity index (χ4n) is 0.345. The second-order valence-corrected chi connectivity index (χ2v) is 3.68. The van der Waals surface area contributed by atoms with Crippen molar-refractivity contribution in [3.8, 4) is 0 Å². The topological polar surface area (TPSA) is 182 Å². The molecule has 0 aliphatic heterocycles. The Bertz CT molecular complexity index is 381. The van der Waals surface area contributed by atoms with E-state index in [-0.39, 0.29) is 19.0 Å². The lowest BCUT2D eigenvalue weighted by molar-refractivity contribution is -0.136. The van der Waals surface area contributed by atoms with E-state index in [0.717, 1.165) is 18.6 Å². The summed E-state index contributed by atoms with van der Waals surface area (Å²) in [5, 5.41) is 47.4. The van der Waals surface area contributed by atoms with E-state index in [1.807, 2.05) is 6.92 Å². The van der Waals surface area contributed by atoms with Crippen LogP contribution < -0.4 is 0 Å². The zero-order valence-electron chi connectivity index (χ0n) is 14.0. The highest BCUT2D eigenvalue weighted by atomic mass is 16.5. The van der Waals surface area contributed by atoms with Crippen molar-refractivity contribution in [1.82, 2.24) is 0 Å². The van der Waals surface area contributed by atoms with Gasteiger partial charge in [0.1, 0.15) is 6.10 Å². The number of aliphatic hydroxyl groups excluding tert-OH is 3. The average Bonchev–Trinajstić information content (AvgIpc) is 2.59. The zero-order chi connectivity index (χ0) is 20.8. The predicted molar refractivity (Wildman–Crippen MR) is 88.9 cm³/mol. The lowest BCUT2D eigenvalue weighted by Crippen LogP contribution is -2.15. The molecule has 0 saturated heterocycles. The first-order valence-electron chi connectivity index (χ1n) is 6.69. The monoisotopic (exact) mass is 366 g/mol. The van der Waals surface area contributed by atoms with Crippen molar-refractivity contribution >= 4 is 17.9 Å². The van der Waals surface area contributed by atoms with Gasteiger partial charge in [-0.25, -0.2) is 14.4 Å². The van der Waals surface area contributed by atoms with E-state index < -0.39 is 24.0 Å². The van der Waals surface area contributed by atoms with Crippen molar-refractivity contribution in [1.29, 1.82) is 0 Å². The molecule has 10 nitrogen and oxygen atoms in total. The van der Waals surface area contributed by atoms with Gasteiger partial charge < -0.3 is 35.4 Å². The summed E-state index contributed by atoms with van der Waals surface area (Å²) in [4.78, 5) is 28.5. The molecule has 0 fully saturated rings. The van der Waals surface area contributed by atoms with Gasteiger partial charge >= 0.3 is 17.9 Å². The van der Waals surface area contributed by atoms with Gasteiger partial charge in [-0.3, -0.25) is 0 Å². The summed E-state index contributed by atoms with van der Waals surface area (Å²) in [7, 11) is 0. The van der Waals surface area contributed by atoms with Crippen LogP contribution in [-0.4, -0.2) is 74.5 Å². The molecule has 0 aromatic heterocycles. The molecule has 146 valence electrons. The van der Waals surface area contributed by atoms with Crippen molar-refractivity contribution in [2.45, 2.75) is 19.4 Å². The SMILES string of the molecule is C=C(OCCC)C(=O)O.C=CC(=O)O.C=CC(=O)O.OCC(O)CO. The summed E-state index contributed by atoms with van der Waals surface area (Å²) in [5.41, 5.74) is 0. The normalized spacial score (nSPS) is 8.04. The molecule has 0 aromatic carbocycles. The van der Waals surface area contributed by atoms with Crippen molar-refractivity contribution < 1.29 is 49.8 Å². The number of hydrogen-bond acceptors (Lipinski definition) is 7. The molecule has 25 heavy (non-hydrogen) atoms. The largest absolute Gasteiger partial charge is 0.487 e. The van der Waals surface area contributed by atoms with Crippen LogP contribution in [0.5, 0.6) is 0 Å². The lowest BCUT2D eigenvalue weighted by atomic mass is 10.4. The molecule has 0 atom stereocenters. The minimum Gasteiger partial charge on any atom is -0.487 e. The number of aliphatic carboxylic acids is 3. The predicted octanol–water partition coefficient (Wildman–Crippen LogP) is -0.143. The van der Waals surface area contributed by atoms with Crippen LogP contribution in [0.2, 0.25) is 0 Å². The molecule has 0 rings (SSSR count). The van der Waals surface area contributed by atoms with E-state index in [9.17, 15) is 14.4 Å². The highest BCUT2D eigenvalue weighted by Gasteiger charge is 2.01. The quantitative estimate of drug-likeness (QED) is 0.250. The van der Waals surface area contributed by atoms with Gasteiger partial charge in [-0.1, -0.05) is 20.1 Å². The molecule has 0 radical (unpaired) electrons. The molecule has 0 amide bonds. The van der Waals surface area contributed by atoms with Crippen LogP contribution in [0.4, 0.5) is 0 Å². The van der Waals surface area contributed by atoms with Crippen LogP contribution in [0, 0.1) is 0 Å². The molecule has 0 aliphatic rings. The smallest absolute Gasteiger partial charge is 0.370 e. The Morgan fingerprint density at radius 2 is 1.32 bits per heavy atom. The summed E-state index contributed by atoms with van der Waals surface area (Å²) < 4.78 is 4.66. The molecular formula is C15H26O10. The summed E-state index contributed by atoms with van der Waals surface area (Å²) >= 11 is 0. The van der Waals surface area contributed by atoms with Gasteiger partial charge in [0.15, 0.2) is 5.76 Å². The van der Waals surface area contributed by atoms with Crippen LogP contribution in [0.15, 0.2) is 37.6 Å². The molecule has 0 aliphatic carbocycles. The van der Waals surface area contributed by atoms with Gasteiger partial charge in [0.05, 0.1) is 19.8 Å². The fourth-order valence-corrected chi connectivity index (χ4v) is 0.345. The third-order valence-electron chi connectivity index (χ3n) is 1.49. The van der Waals surface area contributed by atoms with E-state index in [0.29, 0.717) is 6.61 Å². The fraction of sp³-hybridized carbons (Fsp3) is 0.400. The minimum absolute atomic E-state index is 0.183. The van der Waals surface area contributed by atoms with Crippen molar-refractivity contribution in [3.05, 3.63) is 37.6 Å². The van der Waals surface area contributed by atoms with Crippen molar-refractivity contribution in [3.63, 3.8) is 0 Å². The van der Waals surface area contributed by atoms with Crippen LogP contribution in [0.1, 0.15) is 13.3 Å². The van der Waals surface area contributed by atoms with Gasteiger partial charge in [-0.2, -0.15) is 0 Å². The molecular weight excluding hydrogens is 340 g/mol. The third kappa shape index (κ3) is 44.9. The summed E-state index contributed by atoms with van der Waals surface area (Å²) in [6.45, 7) is 10.7. The lowest BCUT2D eigenvalue weighted by Gasteiger charge is -2.00. The Labute approximate surface area is 145 Å². The molecule has 0 spiro atoms. The zero-order valence-corrected chi connectivity index (χ0v) is 14.0. The summed E-state index contributed by atoms with van der Waals surface area (Å²) in [6.07, 6.45) is 1.51. The number of carboxylic acids is 3. The standard InChI is InChI=1S/C6H10O3.C3H8O3.2C3H4O2/c1-3-4-9-5(2)6(7)8;4-1-3(6)2-5;2*1-2-3(4)5/h2-4H2,1H3,(H,7,8);3-6H,1-2H2;2*2H,1H2,(H,4,5). The first kappa shape index (κ1) is 30.2. The van der Waals surface area contributed by atoms with Gasteiger partial charge in [-0.05, 0) is 13.0 Å². The van der Waals surface area contributed by atoms with Gasteiger partial charge in [0.25, 0.3) is 0 Å². The van der Waals surface area contributed by atoms with Crippen LogP contribution in [0.3, 0.4) is 0 Å². The van der Waals surface area contributed by atoms with E-state index >= 15 is 0 Å². The van der Waals surface area contributed by atoms with E-state index in [1.165, 1.54) is 0 Å². The van der Waals surface area contributed by atoms with Crippen molar-refractivity contribution in [2.75, 3.05) is 19.8 Å². The Morgan fingerprint density at radius 3 is 1.44 bits per heavy atom. The second kappa shape index (κ2) is 23.6. The molecule has 0 aromatic rings. The van der Waals surface area contributed by atoms with Crippen LogP contribution >= 0.6 is 0 Å². The second-order valence-electron chi connectivity index (χ2n) is 3.68. The number of rotatable bonds is 8. The highest BCUT2D eigenvalue weighted by molar-refractivity contribution is 5.83. The summed E-state index contributed by atoms with van der Waals surface area (Å²) in [5.74, 6) is -3.24. The minimum atomic E-state index is -1.09. The molecule has 10 heteroatoms. The number of hydrogen-bond donors (Lipinski definition) is 6. The third-order valence-corrected chi connectivity index (χ3v) is 1.49. The Kier molecular flexibility index (Phi) is 28.5. The van der Waals surface area contributed by atoms with E-state index in [2.05, 4.69) is 24.5 Å². The first-order chi connectivity index (χ1) is 11.5. The Balaban J connectivity index is -0.000000122. The maximum Gasteiger partial charge on any atom is 0.370 e. The van der Waals surface area contributed by atoms with Crippen molar-refractivity contribution in [2.24, 2.45) is 0 Å². The number of ether oxygens (including phenoxy) is 1. The van der Waals surface area contributed by atoms with Gasteiger partial charge in [-0.15, -0.1) is 0 Å². The van der Waals surface area contributed by atoms with Crippen LogP contribution in [-0.2, 0) is 19.1 Å². The van der Waals surface area contributed by atoms with E-state index in [4.69, 9.17) is 30.6 Å². The molecule has 0 bridgehead atoms. The van der Waals surface area contributed by atoms with E-state index in [1.54, 1.807) is 0 Å². The molecule has 0 saturated carbocycles. The van der Waals surface area contributed by atoms with Gasteiger partial charge in [0.2, 0.25) is 0 Å². The van der Waals surface area contributed by atoms with Gasteiger partial charge in [0, 0.05) is 12.2 Å². The van der Waals surface area contributed by atoms with Crippen LogP contribution in [0.25, 0.3) is 0 Å².